The van der Waals surface area contributed by atoms with Crippen LogP contribution in [0, 0.1) is 6.92 Å². The van der Waals surface area contributed by atoms with E-state index in [0.717, 1.165) is 52.6 Å². The van der Waals surface area contributed by atoms with Gasteiger partial charge in [0.1, 0.15) is 17.6 Å². The Labute approximate surface area is 288 Å². The van der Waals surface area contributed by atoms with Gasteiger partial charge in [0.15, 0.2) is 0 Å². The molecule has 1 aliphatic heterocycles. The number of fused-ring (bicyclic) bond motifs is 1. The molecule has 11 nitrogen and oxygen atoms in total. The number of anilines is 2. The van der Waals surface area contributed by atoms with Gasteiger partial charge in [0.25, 0.3) is 0 Å². The third-order valence-corrected chi connectivity index (χ3v) is 9.86. The van der Waals surface area contributed by atoms with Gasteiger partial charge in [0, 0.05) is 36.9 Å². The van der Waals surface area contributed by atoms with Crippen molar-refractivity contribution in [2.75, 3.05) is 24.1 Å². The Bertz CT molecular complexity index is 1930. The second-order valence-corrected chi connectivity index (χ2v) is 13.9. The summed E-state index contributed by atoms with van der Waals surface area (Å²) in [5, 5.41) is 15.2. The van der Waals surface area contributed by atoms with Crippen molar-refractivity contribution >= 4 is 44.2 Å². The van der Waals surface area contributed by atoms with Crippen molar-refractivity contribution in [1.82, 2.24) is 14.6 Å². The molecule has 0 saturated carbocycles. The van der Waals surface area contributed by atoms with Crippen molar-refractivity contribution in [3.05, 3.63) is 89.6 Å². The molecular weight excluding hydrogens is 675 g/mol. The summed E-state index contributed by atoms with van der Waals surface area (Å²) in [7, 11) is -3.67. The summed E-state index contributed by atoms with van der Waals surface area (Å²) < 4.78 is 66.2. The van der Waals surface area contributed by atoms with Crippen LogP contribution in [-0.2, 0) is 26.2 Å². The van der Waals surface area contributed by atoms with Gasteiger partial charge in [0.2, 0.25) is 15.9 Å². The van der Waals surface area contributed by atoms with Crippen molar-refractivity contribution < 1.29 is 41.0 Å². The van der Waals surface area contributed by atoms with E-state index in [-0.39, 0.29) is 23.5 Å². The van der Waals surface area contributed by atoms with Crippen molar-refractivity contribution in [1.29, 1.82) is 0 Å². The Balaban J connectivity index is 0.000000727. The highest BCUT2D eigenvalue weighted by Crippen LogP contribution is 2.30. The maximum atomic E-state index is 13.9. The molecule has 5 N–H and O–H groups in total. The second kappa shape index (κ2) is 16.2. The number of halogens is 3. The first-order valence-corrected chi connectivity index (χ1v) is 17.4. The molecule has 15 heteroatoms. The number of carbonyl (C=O) groups is 2. The van der Waals surface area contributed by atoms with Gasteiger partial charge in [-0.05, 0) is 98.2 Å². The van der Waals surface area contributed by atoms with Gasteiger partial charge < -0.3 is 26.2 Å². The van der Waals surface area contributed by atoms with E-state index in [1.165, 1.54) is 0 Å². The normalized spacial score (nSPS) is 14.4. The number of piperidine rings is 1. The minimum absolute atomic E-state index is 0.0163. The van der Waals surface area contributed by atoms with E-state index >= 15 is 0 Å². The van der Waals surface area contributed by atoms with Crippen LogP contribution in [0.2, 0.25) is 0 Å². The predicted molar refractivity (Wildman–Crippen MR) is 184 cm³/mol. The number of sulfonamides is 1. The first kappa shape index (κ1) is 37.9. The quantitative estimate of drug-likeness (QED) is 0.150. The second-order valence-electron chi connectivity index (χ2n) is 12.0. The van der Waals surface area contributed by atoms with E-state index in [4.69, 9.17) is 20.4 Å². The molecule has 1 fully saturated rings. The number of amides is 1. The average molecular weight is 716 g/mol. The van der Waals surface area contributed by atoms with Crippen LogP contribution in [0.5, 0.6) is 5.75 Å². The van der Waals surface area contributed by atoms with E-state index in [1.54, 1.807) is 34.8 Å². The lowest BCUT2D eigenvalue weighted by Gasteiger charge is -2.27. The molecule has 0 radical (unpaired) electrons. The maximum absolute atomic E-state index is 13.9. The monoisotopic (exact) mass is 715 g/mol. The van der Waals surface area contributed by atoms with Crippen LogP contribution in [-0.4, -0.2) is 60.1 Å². The third kappa shape index (κ3) is 9.63. The van der Waals surface area contributed by atoms with Gasteiger partial charge in [-0.3, -0.25) is 4.79 Å². The number of nitrogens with zero attached hydrogens (tertiary/aromatic N) is 2. The highest BCUT2D eigenvalue weighted by Gasteiger charge is 2.38. The zero-order valence-electron chi connectivity index (χ0n) is 27.8. The van der Waals surface area contributed by atoms with Crippen molar-refractivity contribution in [3.63, 3.8) is 0 Å². The zero-order chi connectivity index (χ0) is 36.6. The largest absolute Gasteiger partial charge is 0.491 e. The Morgan fingerprint density at radius 1 is 1.02 bits per heavy atom. The number of pyridine rings is 1. The summed E-state index contributed by atoms with van der Waals surface area (Å²) in [5.41, 5.74) is 8.97. The molecule has 50 heavy (non-hydrogen) atoms. The molecule has 2 heterocycles. The molecule has 268 valence electrons. The summed E-state index contributed by atoms with van der Waals surface area (Å²) in [6, 6.07) is 19.3. The summed E-state index contributed by atoms with van der Waals surface area (Å²) in [6.07, 6.45) is -0.683. The molecule has 0 bridgehead atoms. The van der Waals surface area contributed by atoms with Gasteiger partial charge in [0.05, 0.1) is 11.0 Å². The van der Waals surface area contributed by atoms with Gasteiger partial charge >= 0.3 is 12.1 Å². The Kier molecular flexibility index (Phi) is 12.3. The predicted octanol–water partition coefficient (Wildman–Crippen LogP) is 6.19. The number of aryl methyl sites for hydroxylation is 1. The average Bonchev–Trinajstić information content (AvgIpc) is 3.07. The van der Waals surface area contributed by atoms with E-state index < -0.39 is 28.2 Å². The number of nitrogen functional groups attached to an aromatic ring is 1. The lowest BCUT2D eigenvalue weighted by Crippen LogP contribution is -2.37. The van der Waals surface area contributed by atoms with Crippen LogP contribution in [0.1, 0.15) is 55.8 Å². The number of carboxylic acids is 1. The number of aromatic nitrogens is 1. The molecule has 0 unspecified atom stereocenters. The van der Waals surface area contributed by atoms with E-state index in [2.05, 4.69) is 15.6 Å². The molecule has 5 rings (SSSR count). The fourth-order valence-corrected chi connectivity index (χ4v) is 7.17. The number of rotatable bonds is 10. The first-order valence-electron chi connectivity index (χ1n) is 15.9. The smallest absolute Gasteiger partial charge is 0.490 e. The molecule has 0 spiro atoms. The minimum Gasteiger partial charge on any atom is -0.491 e. The number of nitrogens with one attached hydrogen (secondary N) is 2. The van der Waals surface area contributed by atoms with Crippen LogP contribution < -0.4 is 21.1 Å². The Morgan fingerprint density at radius 3 is 2.34 bits per heavy atom. The summed E-state index contributed by atoms with van der Waals surface area (Å²) in [5.74, 6) is -1.86. The number of ether oxygens (including phenoxy) is 1. The Morgan fingerprint density at radius 2 is 1.70 bits per heavy atom. The van der Waals surface area contributed by atoms with Crippen molar-refractivity contribution in [2.24, 2.45) is 0 Å². The SMILES string of the molecule is Cc1cc([C@@H](Nc2ccc3c(N)nccc3c2)C(=O)NCc2ccccc2S(=O)(=O)N2CCCCC2)ccc1OC(C)C.O=C(O)C(F)(F)F. The van der Waals surface area contributed by atoms with E-state index in [0.29, 0.717) is 24.5 Å². The number of carboxylic acid groups (broad SMARTS) is 1. The van der Waals surface area contributed by atoms with Crippen LogP contribution >= 0.6 is 0 Å². The molecule has 4 aromatic rings. The first-order chi connectivity index (χ1) is 23.6. The van der Waals surface area contributed by atoms with Gasteiger partial charge in [-0.1, -0.05) is 30.7 Å². The zero-order valence-corrected chi connectivity index (χ0v) is 28.6. The summed E-state index contributed by atoms with van der Waals surface area (Å²) in [6.45, 7) is 6.97. The summed E-state index contributed by atoms with van der Waals surface area (Å²) in [4.78, 5) is 27.2. The van der Waals surface area contributed by atoms with Crippen molar-refractivity contribution in [2.45, 2.75) is 69.8 Å². The van der Waals surface area contributed by atoms with Crippen LogP contribution in [0.3, 0.4) is 0 Å². The number of hydrogen-bond donors (Lipinski definition) is 4. The standard InChI is InChI=1S/C33H39N5O4S.C2HF3O2/c1-22(2)42-29-14-11-25(19-23(29)3)31(37-27-12-13-28-24(20-27)15-16-35-32(28)34)33(39)36-21-26-9-5-6-10-30(26)43(40,41)38-17-7-4-8-18-38;3-2(4,5)1(6)7/h5-6,9-16,19-20,22,31,37H,4,7-8,17-18,21H2,1-3H3,(H2,34,35)(H,36,39);(H,6,7)/t31-;/m1./s1. The number of nitrogens with two attached hydrogens (primary N) is 1. The maximum Gasteiger partial charge on any atom is 0.490 e. The Hall–Kier alpha value is -4.89. The number of alkyl halides is 3. The molecular formula is C35H40F3N5O6S. The molecule has 1 saturated heterocycles. The molecule has 3 aromatic carbocycles. The van der Waals surface area contributed by atoms with E-state index in [1.807, 2.05) is 63.2 Å². The summed E-state index contributed by atoms with van der Waals surface area (Å²) >= 11 is 0. The van der Waals surface area contributed by atoms with Gasteiger partial charge in [-0.25, -0.2) is 18.2 Å². The van der Waals surface area contributed by atoms with Crippen LogP contribution in [0.25, 0.3) is 10.8 Å². The molecule has 0 aliphatic carbocycles. The molecule has 1 atom stereocenters. The minimum atomic E-state index is -5.08. The third-order valence-electron chi connectivity index (χ3n) is 7.86. The fourth-order valence-electron chi connectivity index (χ4n) is 5.43. The molecule has 1 aliphatic rings. The van der Waals surface area contributed by atoms with Gasteiger partial charge in [-0.15, -0.1) is 0 Å². The fraction of sp³-hybridized carbons (Fsp3) is 0.343. The highest BCUT2D eigenvalue weighted by atomic mass is 32.2. The molecule has 1 aromatic heterocycles. The highest BCUT2D eigenvalue weighted by molar-refractivity contribution is 7.89. The number of benzene rings is 3. The number of carbonyl (C=O) groups excluding carboxylic acids is 1. The van der Waals surface area contributed by atoms with E-state index in [9.17, 15) is 26.4 Å². The van der Waals surface area contributed by atoms with Crippen LogP contribution in [0.4, 0.5) is 24.7 Å². The number of hydrogen-bond acceptors (Lipinski definition) is 8. The van der Waals surface area contributed by atoms with Crippen molar-refractivity contribution in [3.8, 4) is 5.75 Å². The van der Waals surface area contributed by atoms with Crippen LogP contribution in [0.15, 0.2) is 77.8 Å². The van der Waals surface area contributed by atoms with Gasteiger partial charge in [-0.2, -0.15) is 17.5 Å². The topological polar surface area (TPSA) is 164 Å². The molecule has 1 amide bonds. The lowest BCUT2D eigenvalue weighted by molar-refractivity contribution is -0.192. The number of aliphatic carboxylic acids is 1. The lowest BCUT2D eigenvalue weighted by atomic mass is 10.0.